The molecule has 1 amide bonds. The number of nitrogens with zero attached hydrogens (tertiary/aromatic N) is 1. The van der Waals surface area contributed by atoms with E-state index in [9.17, 15) is 9.90 Å². The summed E-state index contributed by atoms with van der Waals surface area (Å²) in [6.07, 6.45) is 5.71. The number of aliphatic hydroxyl groups is 1. The molecule has 4 nitrogen and oxygen atoms in total. The number of hydrogen-bond acceptors (Lipinski definition) is 5. The van der Waals surface area contributed by atoms with Gasteiger partial charge in [-0.2, -0.15) is 11.8 Å². The average Bonchev–Trinajstić information content (AvgIpc) is 2.94. The molecule has 0 radical (unpaired) electrons. The molecule has 1 fully saturated rings. The molecule has 2 heterocycles. The van der Waals surface area contributed by atoms with Gasteiger partial charge in [0.2, 0.25) is 5.91 Å². The Hall–Kier alpha value is -0.850. The molecule has 1 atom stereocenters. The molecule has 18 heavy (non-hydrogen) atoms. The smallest absolute Gasteiger partial charge is 0.244 e. The molecular formula is C12H16N2O2S2. The largest absolute Gasteiger partial charge is 0.387 e. The minimum Gasteiger partial charge on any atom is -0.387 e. The van der Waals surface area contributed by atoms with Crippen LogP contribution < -0.4 is 5.32 Å². The third-order valence-electron chi connectivity index (χ3n) is 2.71. The second kappa shape index (κ2) is 5.86. The van der Waals surface area contributed by atoms with Crippen molar-refractivity contribution in [3.05, 3.63) is 22.2 Å². The highest BCUT2D eigenvalue weighted by molar-refractivity contribution is 7.99. The highest BCUT2D eigenvalue weighted by Gasteiger charge is 2.31. The van der Waals surface area contributed by atoms with Crippen molar-refractivity contribution >= 4 is 35.1 Å². The fourth-order valence-corrected chi connectivity index (χ4v) is 3.64. The van der Waals surface area contributed by atoms with E-state index in [4.69, 9.17) is 0 Å². The number of amides is 1. The molecule has 0 saturated carbocycles. The van der Waals surface area contributed by atoms with Gasteiger partial charge in [0.25, 0.3) is 0 Å². The Morgan fingerprint density at radius 1 is 1.72 bits per heavy atom. The van der Waals surface area contributed by atoms with Crippen LogP contribution in [0.5, 0.6) is 0 Å². The van der Waals surface area contributed by atoms with Crippen molar-refractivity contribution < 1.29 is 9.90 Å². The van der Waals surface area contributed by atoms with E-state index in [0.29, 0.717) is 12.3 Å². The molecule has 1 aromatic rings. The van der Waals surface area contributed by atoms with E-state index >= 15 is 0 Å². The quantitative estimate of drug-likeness (QED) is 0.822. The van der Waals surface area contributed by atoms with Gasteiger partial charge >= 0.3 is 0 Å². The van der Waals surface area contributed by atoms with E-state index in [1.165, 1.54) is 6.08 Å². The van der Waals surface area contributed by atoms with Gasteiger partial charge in [0.05, 0.1) is 10.6 Å². The lowest BCUT2D eigenvalue weighted by Gasteiger charge is -2.20. The molecular weight excluding hydrogens is 268 g/mol. The van der Waals surface area contributed by atoms with Crippen molar-refractivity contribution in [1.82, 2.24) is 10.3 Å². The Morgan fingerprint density at radius 2 is 2.56 bits per heavy atom. The maximum atomic E-state index is 11.6. The van der Waals surface area contributed by atoms with Crippen LogP contribution in [0.1, 0.15) is 16.3 Å². The number of aryl methyl sites for hydroxylation is 1. The van der Waals surface area contributed by atoms with Crippen LogP contribution in [0.2, 0.25) is 0 Å². The Labute approximate surface area is 115 Å². The summed E-state index contributed by atoms with van der Waals surface area (Å²) in [5.74, 6) is 1.49. The van der Waals surface area contributed by atoms with Gasteiger partial charge in [-0.3, -0.25) is 4.79 Å². The molecule has 0 bridgehead atoms. The van der Waals surface area contributed by atoms with Crippen molar-refractivity contribution in [2.75, 3.05) is 18.1 Å². The van der Waals surface area contributed by atoms with Crippen LogP contribution in [0.4, 0.5) is 0 Å². The first kappa shape index (κ1) is 13.6. The molecule has 1 aliphatic heterocycles. The maximum Gasteiger partial charge on any atom is 0.244 e. The number of carbonyl (C=O) groups is 1. The fourth-order valence-electron chi connectivity index (χ4n) is 1.66. The molecule has 0 spiro atoms. The molecule has 6 heteroatoms. The zero-order chi connectivity index (χ0) is 13.0. The predicted octanol–water partition coefficient (Wildman–Crippen LogP) is 1.45. The van der Waals surface area contributed by atoms with Crippen LogP contribution in [0.15, 0.2) is 12.3 Å². The van der Waals surface area contributed by atoms with E-state index in [1.807, 2.05) is 6.92 Å². The summed E-state index contributed by atoms with van der Waals surface area (Å²) < 4.78 is 0. The topological polar surface area (TPSA) is 62.2 Å². The fraction of sp³-hybridized carbons (Fsp3) is 0.500. The zero-order valence-corrected chi connectivity index (χ0v) is 11.8. The van der Waals surface area contributed by atoms with Gasteiger partial charge in [-0.25, -0.2) is 4.98 Å². The van der Waals surface area contributed by atoms with Gasteiger partial charge in [-0.05, 0) is 25.2 Å². The van der Waals surface area contributed by atoms with Crippen LogP contribution in [0.25, 0.3) is 6.08 Å². The number of thioether (sulfide) groups is 1. The highest BCUT2D eigenvalue weighted by atomic mass is 32.2. The number of nitrogens with one attached hydrogen (secondary N) is 1. The number of hydrogen-bond donors (Lipinski definition) is 2. The van der Waals surface area contributed by atoms with Crippen molar-refractivity contribution in [2.24, 2.45) is 0 Å². The molecule has 0 aromatic carbocycles. The number of carbonyl (C=O) groups excluding carboxylic acids is 1. The summed E-state index contributed by atoms with van der Waals surface area (Å²) in [7, 11) is 0. The first-order valence-corrected chi connectivity index (χ1v) is 7.73. The monoisotopic (exact) mass is 284 g/mol. The van der Waals surface area contributed by atoms with E-state index < -0.39 is 5.60 Å². The Balaban J connectivity index is 1.80. The Kier molecular flexibility index (Phi) is 4.42. The first-order chi connectivity index (χ1) is 8.57. The van der Waals surface area contributed by atoms with Crippen molar-refractivity contribution in [3.8, 4) is 0 Å². The summed E-state index contributed by atoms with van der Waals surface area (Å²) in [4.78, 5) is 16.7. The summed E-state index contributed by atoms with van der Waals surface area (Å²) in [6.45, 7) is 2.25. The first-order valence-electron chi connectivity index (χ1n) is 5.76. The second-order valence-corrected chi connectivity index (χ2v) is 6.73. The minimum absolute atomic E-state index is 0.175. The molecule has 2 rings (SSSR count). The normalized spacial score (nSPS) is 23.7. The SMILES string of the molecule is Cc1ncc(C=CC(=O)NCC2(O)CCSC2)s1. The van der Waals surface area contributed by atoms with Gasteiger partial charge in [-0.15, -0.1) is 11.3 Å². The summed E-state index contributed by atoms with van der Waals surface area (Å²) in [6, 6.07) is 0. The third-order valence-corrected chi connectivity index (χ3v) is 4.82. The second-order valence-electron chi connectivity index (χ2n) is 4.36. The van der Waals surface area contributed by atoms with Gasteiger partial charge in [0.15, 0.2) is 0 Å². The van der Waals surface area contributed by atoms with Gasteiger partial charge in [0, 0.05) is 29.4 Å². The zero-order valence-electron chi connectivity index (χ0n) is 10.2. The molecule has 0 aliphatic carbocycles. The Morgan fingerprint density at radius 3 is 3.17 bits per heavy atom. The summed E-state index contributed by atoms with van der Waals surface area (Å²) in [5.41, 5.74) is -0.727. The van der Waals surface area contributed by atoms with Crippen LogP contribution in [0, 0.1) is 6.92 Å². The molecule has 1 aliphatic rings. The van der Waals surface area contributed by atoms with Crippen LogP contribution in [0.3, 0.4) is 0 Å². The minimum atomic E-state index is -0.727. The number of aromatic nitrogens is 1. The van der Waals surface area contributed by atoms with Crippen molar-refractivity contribution in [1.29, 1.82) is 0 Å². The van der Waals surface area contributed by atoms with E-state index in [2.05, 4.69) is 10.3 Å². The van der Waals surface area contributed by atoms with Crippen LogP contribution in [-0.2, 0) is 4.79 Å². The van der Waals surface area contributed by atoms with Crippen LogP contribution >= 0.6 is 23.1 Å². The molecule has 98 valence electrons. The molecule has 2 N–H and O–H groups in total. The van der Waals surface area contributed by atoms with E-state index in [-0.39, 0.29) is 5.91 Å². The van der Waals surface area contributed by atoms with Crippen LogP contribution in [-0.4, -0.2) is 39.6 Å². The van der Waals surface area contributed by atoms with Gasteiger partial charge in [-0.1, -0.05) is 0 Å². The van der Waals surface area contributed by atoms with E-state index in [1.54, 1.807) is 35.4 Å². The standard InChI is InChI=1S/C12H16N2O2S2/c1-9-13-6-10(18-9)2-3-11(15)14-7-12(16)4-5-17-8-12/h2-3,6,16H,4-5,7-8H2,1H3,(H,14,15). The highest BCUT2D eigenvalue weighted by Crippen LogP contribution is 2.26. The maximum absolute atomic E-state index is 11.6. The van der Waals surface area contributed by atoms with Gasteiger partial charge < -0.3 is 10.4 Å². The van der Waals surface area contributed by atoms with E-state index in [0.717, 1.165) is 22.1 Å². The van der Waals surface area contributed by atoms with Crippen molar-refractivity contribution in [2.45, 2.75) is 18.9 Å². The third kappa shape index (κ3) is 3.83. The van der Waals surface area contributed by atoms with Crippen molar-refractivity contribution in [3.63, 3.8) is 0 Å². The molecule has 1 unspecified atom stereocenters. The summed E-state index contributed by atoms with van der Waals surface area (Å²) in [5, 5.41) is 13.8. The molecule has 1 aromatic heterocycles. The average molecular weight is 284 g/mol. The lowest BCUT2D eigenvalue weighted by atomic mass is 10.0. The lowest BCUT2D eigenvalue weighted by molar-refractivity contribution is -0.117. The number of rotatable bonds is 4. The Bertz CT molecular complexity index is 451. The summed E-state index contributed by atoms with van der Waals surface area (Å²) >= 11 is 3.26. The van der Waals surface area contributed by atoms with Gasteiger partial charge in [0.1, 0.15) is 0 Å². The lowest BCUT2D eigenvalue weighted by Crippen LogP contribution is -2.42. The molecule has 1 saturated heterocycles. The number of thiazole rings is 1. The predicted molar refractivity (Wildman–Crippen MR) is 75.8 cm³/mol.